The van der Waals surface area contributed by atoms with E-state index in [1.54, 1.807) is 11.5 Å². The number of nitrogens with one attached hydrogen (secondary N) is 1. The van der Waals surface area contributed by atoms with Gasteiger partial charge in [0.25, 0.3) is 0 Å². The topological polar surface area (TPSA) is 109 Å². The van der Waals surface area contributed by atoms with Crippen LogP contribution >= 0.6 is 0 Å². The molecule has 0 bridgehead atoms. The number of rotatable bonds is 5. The Morgan fingerprint density at radius 1 is 1.50 bits per heavy atom. The second-order valence-corrected chi connectivity index (χ2v) is 5.73. The first-order valence-corrected chi connectivity index (χ1v) is 7.30. The zero-order valence-corrected chi connectivity index (χ0v) is 13.0. The molecule has 2 aromatic rings. The molecule has 9 nitrogen and oxygen atoms in total. The average molecular weight is 332 g/mol. The second-order valence-electron chi connectivity index (χ2n) is 5.73. The minimum Gasteiger partial charge on any atom is -0.445 e. The summed E-state index contributed by atoms with van der Waals surface area (Å²) in [6, 6.07) is 9.51. The zero-order valence-electron chi connectivity index (χ0n) is 13.0. The number of nitro groups is 1. The molecule has 0 saturated heterocycles. The minimum atomic E-state index is -0.733. The summed E-state index contributed by atoms with van der Waals surface area (Å²) in [6.45, 7) is 2.50. The Bertz CT molecular complexity index is 735. The van der Waals surface area contributed by atoms with Crippen LogP contribution in [-0.2, 0) is 17.9 Å². The number of ether oxygens (including phenoxy) is 2. The molecule has 9 heteroatoms. The van der Waals surface area contributed by atoms with Crippen molar-refractivity contribution in [2.45, 2.75) is 25.7 Å². The lowest BCUT2D eigenvalue weighted by atomic mass is 10.1. The van der Waals surface area contributed by atoms with Gasteiger partial charge < -0.3 is 24.9 Å². The highest BCUT2D eigenvalue weighted by atomic mass is 16.6. The fourth-order valence-corrected chi connectivity index (χ4v) is 2.41. The molecule has 1 aliphatic heterocycles. The number of hydrogen-bond acceptors (Lipinski definition) is 6. The number of nitrogens with zero attached hydrogens (tertiary/aromatic N) is 3. The smallest absolute Gasteiger partial charge is 0.415 e. The van der Waals surface area contributed by atoms with E-state index in [2.05, 4.69) is 10.3 Å². The summed E-state index contributed by atoms with van der Waals surface area (Å²) in [5.41, 5.74) is 0.159. The average Bonchev–Trinajstić information content (AvgIpc) is 3.07. The van der Waals surface area contributed by atoms with Crippen molar-refractivity contribution in [2.24, 2.45) is 0 Å². The van der Waals surface area contributed by atoms with Gasteiger partial charge in [0.15, 0.2) is 0 Å². The number of carbonyl (C=O) groups excluding carboxylic acids is 1. The van der Waals surface area contributed by atoms with Crippen LogP contribution < -0.4 is 10.1 Å². The van der Waals surface area contributed by atoms with Crippen LogP contribution in [0.4, 0.5) is 10.6 Å². The van der Waals surface area contributed by atoms with Crippen LogP contribution in [0.1, 0.15) is 12.5 Å². The standard InChI is InChI=1S/C15H16N4O5/c1-15(10-18-7-12(19(21)22)17-13(18)24-15)9-16-14(20)23-8-11-5-3-2-4-6-11/h2-7H,8-10H2,1H3,(H,16,20). The molecule has 1 unspecified atom stereocenters. The van der Waals surface area contributed by atoms with Gasteiger partial charge in [-0.25, -0.2) is 4.79 Å². The number of carbonyl (C=O) groups is 1. The predicted molar refractivity (Wildman–Crippen MR) is 82.5 cm³/mol. The maximum absolute atomic E-state index is 11.8. The number of amides is 1. The summed E-state index contributed by atoms with van der Waals surface area (Å²) in [5.74, 6) is -0.262. The Morgan fingerprint density at radius 3 is 2.92 bits per heavy atom. The van der Waals surface area contributed by atoms with Crippen molar-refractivity contribution in [3.05, 3.63) is 52.2 Å². The molecule has 0 radical (unpaired) electrons. The normalized spacial score (nSPS) is 18.5. The first kappa shape index (κ1) is 15.8. The Labute approximate surface area is 137 Å². The van der Waals surface area contributed by atoms with Gasteiger partial charge in [-0.1, -0.05) is 30.3 Å². The van der Waals surface area contributed by atoms with Gasteiger partial charge >= 0.3 is 17.9 Å². The molecule has 1 aliphatic rings. The highest BCUT2D eigenvalue weighted by Crippen LogP contribution is 2.30. The summed E-state index contributed by atoms with van der Waals surface area (Å²) >= 11 is 0. The molecule has 0 fully saturated rings. The van der Waals surface area contributed by atoms with Crippen molar-refractivity contribution in [2.75, 3.05) is 6.54 Å². The molecule has 3 rings (SSSR count). The molecule has 2 heterocycles. The molecule has 0 spiro atoms. The third-order valence-corrected chi connectivity index (χ3v) is 3.58. The van der Waals surface area contributed by atoms with Gasteiger partial charge in [-0.2, -0.15) is 0 Å². The summed E-state index contributed by atoms with van der Waals surface area (Å²) in [5, 5.41) is 13.3. The lowest BCUT2D eigenvalue weighted by Crippen LogP contribution is -2.44. The van der Waals surface area contributed by atoms with Crippen LogP contribution in [0.15, 0.2) is 36.5 Å². The molecule has 1 atom stereocenters. The van der Waals surface area contributed by atoms with E-state index in [0.717, 1.165) is 5.56 Å². The molecule has 0 saturated carbocycles. The summed E-state index contributed by atoms with van der Waals surface area (Å²) < 4.78 is 12.3. The van der Waals surface area contributed by atoms with Crippen LogP contribution in [0, 0.1) is 10.1 Å². The van der Waals surface area contributed by atoms with Crippen molar-refractivity contribution in [1.29, 1.82) is 0 Å². The van der Waals surface area contributed by atoms with Gasteiger partial charge in [0.2, 0.25) is 0 Å². The largest absolute Gasteiger partial charge is 0.445 e. The minimum absolute atomic E-state index is 0.170. The number of alkyl carbamates (subject to hydrolysis) is 1. The van der Waals surface area contributed by atoms with Crippen molar-refractivity contribution in [3.63, 3.8) is 0 Å². The maximum Gasteiger partial charge on any atom is 0.415 e. The van der Waals surface area contributed by atoms with Crippen LogP contribution in [0.3, 0.4) is 0 Å². The van der Waals surface area contributed by atoms with E-state index < -0.39 is 16.6 Å². The molecular formula is C15H16N4O5. The summed E-state index contributed by atoms with van der Waals surface area (Å²) in [4.78, 5) is 25.7. The summed E-state index contributed by atoms with van der Waals surface area (Å²) in [6.07, 6.45) is 0.758. The monoisotopic (exact) mass is 332 g/mol. The zero-order chi connectivity index (χ0) is 17.2. The molecule has 1 N–H and O–H groups in total. The van der Waals surface area contributed by atoms with Crippen LogP contribution in [-0.4, -0.2) is 32.7 Å². The predicted octanol–water partition coefficient (Wildman–Crippen LogP) is 1.87. The van der Waals surface area contributed by atoms with Gasteiger partial charge in [-0.3, -0.25) is 4.57 Å². The van der Waals surface area contributed by atoms with E-state index in [1.165, 1.54) is 6.20 Å². The number of aromatic nitrogens is 2. The van der Waals surface area contributed by atoms with Gasteiger partial charge in [-0.05, 0) is 17.4 Å². The third-order valence-electron chi connectivity index (χ3n) is 3.58. The Hall–Kier alpha value is -3.10. The molecule has 1 aromatic heterocycles. The van der Waals surface area contributed by atoms with E-state index in [0.29, 0.717) is 6.54 Å². The Morgan fingerprint density at radius 2 is 2.25 bits per heavy atom. The van der Waals surface area contributed by atoms with Crippen molar-refractivity contribution < 1.29 is 19.2 Å². The second kappa shape index (κ2) is 6.19. The maximum atomic E-state index is 11.8. The molecule has 126 valence electrons. The SMILES string of the molecule is CC1(CNC(=O)OCc2ccccc2)Cn2cc([N+](=O)[O-])nc2O1. The fourth-order valence-electron chi connectivity index (χ4n) is 2.41. The van der Waals surface area contributed by atoms with Gasteiger partial charge in [0.05, 0.1) is 13.1 Å². The van der Waals surface area contributed by atoms with E-state index in [4.69, 9.17) is 9.47 Å². The molecule has 1 amide bonds. The number of hydrogen-bond donors (Lipinski definition) is 1. The highest BCUT2D eigenvalue weighted by Gasteiger charge is 2.40. The number of fused-ring (bicyclic) bond motifs is 1. The molecular weight excluding hydrogens is 316 g/mol. The first-order valence-electron chi connectivity index (χ1n) is 7.30. The Kier molecular flexibility index (Phi) is 4.07. The lowest BCUT2D eigenvalue weighted by Gasteiger charge is -2.21. The van der Waals surface area contributed by atoms with E-state index in [1.807, 2.05) is 30.3 Å². The van der Waals surface area contributed by atoms with Crippen molar-refractivity contribution >= 4 is 11.9 Å². The van der Waals surface area contributed by atoms with Gasteiger partial charge in [-0.15, -0.1) is 0 Å². The fraction of sp³-hybridized carbons (Fsp3) is 0.333. The highest BCUT2D eigenvalue weighted by molar-refractivity contribution is 5.67. The van der Waals surface area contributed by atoms with Gasteiger partial charge in [0, 0.05) is 4.98 Å². The quantitative estimate of drug-likeness (QED) is 0.661. The number of benzene rings is 1. The van der Waals surface area contributed by atoms with E-state index in [-0.39, 0.29) is 25.0 Å². The summed E-state index contributed by atoms with van der Waals surface area (Å²) in [7, 11) is 0. The lowest BCUT2D eigenvalue weighted by molar-refractivity contribution is -0.389. The van der Waals surface area contributed by atoms with Crippen LogP contribution in [0.25, 0.3) is 0 Å². The van der Waals surface area contributed by atoms with Gasteiger partial charge in [0.1, 0.15) is 18.4 Å². The molecule has 0 aliphatic carbocycles. The Balaban J connectivity index is 1.49. The first-order chi connectivity index (χ1) is 11.5. The molecule has 1 aromatic carbocycles. The number of imidazole rings is 1. The van der Waals surface area contributed by atoms with E-state index in [9.17, 15) is 14.9 Å². The van der Waals surface area contributed by atoms with E-state index >= 15 is 0 Å². The van der Waals surface area contributed by atoms with Crippen molar-refractivity contribution in [3.8, 4) is 6.01 Å². The van der Waals surface area contributed by atoms with Crippen molar-refractivity contribution in [1.82, 2.24) is 14.9 Å². The third kappa shape index (κ3) is 3.45. The van der Waals surface area contributed by atoms with Crippen LogP contribution in [0.5, 0.6) is 6.01 Å². The van der Waals surface area contributed by atoms with Crippen LogP contribution in [0.2, 0.25) is 0 Å². The molecule has 24 heavy (non-hydrogen) atoms.